The Morgan fingerprint density at radius 1 is 0.661 bits per heavy atom. The molecular weight excluding hydrogens is 783 g/mol. The van der Waals surface area contributed by atoms with Gasteiger partial charge in [0.05, 0.1) is 10.4 Å². The second-order valence-electron chi connectivity index (χ2n) is 12.7. The summed E-state index contributed by atoms with van der Waals surface area (Å²) in [6.45, 7) is 1.11. The molecule has 3 aromatic carbocycles. The second-order valence-corrected chi connectivity index (χ2v) is 15.4. The van der Waals surface area contributed by atoms with Gasteiger partial charge in [0.25, 0.3) is 0 Å². The number of benzene rings is 3. The van der Waals surface area contributed by atoms with Crippen molar-refractivity contribution in [2.45, 2.75) is 43.1 Å². The van der Waals surface area contributed by atoms with E-state index in [-0.39, 0.29) is 0 Å². The van der Waals surface area contributed by atoms with Crippen LogP contribution in [-0.2, 0) is 26.7 Å². The molecule has 0 saturated carbocycles. The van der Waals surface area contributed by atoms with Gasteiger partial charge < -0.3 is 9.11 Å². The zero-order valence-electron chi connectivity index (χ0n) is 29.4. The second kappa shape index (κ2) is 17.3. The SMILES string of the molecule is C1=Cc2c(/C=C/c3ccccc3)cc3c(c2=c2cc(/C=C/c4ccccc4)cc[n+]2=C1)=C1CCCC=[N+]1CCC3.O=S(=O)([O-])C(F)(F)F.O=S(=O)([O-])C(F)(F)F. The molecule has 3 aliphatic heterocycles. The van der Waals surface area contributed by atoms with Crippen LogP contribution >= 0.6 is 0 Å². The average molecular weight is 817 g/mol. The van der Waals surface area contributed by atoms with Crippen LogP contribution in [0, 0.1) is 16.8 Å². The maximum absolute atomic E-state index is 10.7. The first kappa shape index (κ1) is 42.0. The number of rotatable bonds is 4. The van der Waals surface area contributed by atoms with Gasteiger partial charge >= 0.3 is 11.0 Å². The van der Waals surface area contributed by atoms with Gasteiger partial charge in [-0.25, -0.2) is 21.4 Å². The summed E-state index contributed by atoms with van der Waals surface area (Å²) in [6, 6.07) is 28.2. The first-order chi connectivity index (χ1) is 26.3. The van der Waals surface area contributed by atoms with Gasteiger partial charge in [0, 0.05) is 37.5 Å². The highest BCUT2D eigenvalue weighted by Crippen LogP contribution is 2.25. The van der Waals surface area contributed by atoms with Crippen molar-refractivity contribution in [3.63, 3.8) is 0 Å². The molecule has 0 saturated heterocycles. The molecule has 0 fully saturated rings. The van der Waals surface area contributed by atoms with Crippen molar-refractivity contribution in [1.82, 2.24) is 0 Å². The highest BCUT2D eigenvalue weighted by atomic mass is 32.2. The first-order valence-electron chi connectivity index (χ1n) is 17.1. The van der Waals surface area contributed by atoms with E-state index < -0.39 is 31.3 Å². The van der Waals surface area contributed by atoms with Crippen molar-refractivity contribution < 1.29 is 61.1 Å². The van der Waals surface area contributed by atoms with Crippen LogP contribution in [0.25, 0.3) is 36.1 Å². The summed E-state index contributed by atoms with van der Waals surface area (Å²) in [6.07, 6.45) is 26.2. The summed E-state index contributed by atoms with van der Waals surface area (Å²) in [5.74, 6) is 0. The minimum absolute atomic E-state index is 1.10. The fourth-order valence-corrected chi connectivity index (χ4v) is 6.29. The third-order valence-electron chi connectivity index (χ3n) is 8.79. The van der Waals surface area contributed by atoms with E-state index in [1.54, 1.807) is 0 Å². The van der Waals surface area contributed by atoms with E-state index in [1.807, 2.05) is 0 Å². The smallest absolute Gasteiger partial charge is 0.485 e. The van der Waals surface area contributed by atoms with Gasteiger partial charge in [-0.2, -0.15) is 30.6 Å². The Bertz CT molecular complexity index is 2620. The minimum atomic E-state index is -6.09. The van der Waals surface area contributed by atoms with Crippen molar-refractivity contribution in [1.29, 1.82) is 0 Å². The van der Waals surface area contributed by atoms with Crippen LogP contribution < -0.4 is 9.46 Å². The number of pyridine rings is 1. The topological polar surface area (TPSA) is 123 Å². The van der Waals surface area contributed by atoms with Gasteiger partial charge in [0.2, 0.25) is 5.35 Å². The van der Waals surface area contributed by atoms with Gasteiger partial charge in [-0.3, -0.25) is 0 Å². The summed E-state index contributed by atoms with van der Waals surface area (Å²) in [4.78, 5) is 0. The predicted octanol–water partition coefficient (Wildman–Crippen LogP) is 7.06. The Hall–Kier alpha value is -5.16. The number of hydrogen-bond acceptors (Lipinski definition) is 6. The zero-order valence-corrected chi connectivity index (χ0v) is 31.0. The molecular formula is C40H34F6N2O6S2. The fourth-order valence-electron chi connectivity index (χ4n) is 6.29. The quantitative estimate of drug-likeness (QED) is 0.0715. The van der Waals surface area contributed by atoms with Crippen molar-refractivity contribution in [3.8, 4) is 0 Å². The van der Waals surface area contributed by atoms with Crippen LogP contribution in [0.15, 0.2) is 91.1 Å². The van der Waals surface area contributed by atoms with E-state index in [2.05, 4.69) is 143 Å². The lowest BCUT2D eigenvalue weighted by Gasteiger charge is -2.12. The van der Waals surface area contributed by atoms with E-state index in [0.717, 1.165) is 19.4 Å². The van der Waals surface area contributed by atoms with Crippen LogP contribution in [0.2, 0.25) is 0 Å². The largest absolute Gasteiger partial charge is 0.741 e. The Kier molecular flexibility index (Phi) is 13.0. The summed E-state index contributed by atoms with van der Waals surface area (Å²) < 4.78 is 123. The number of aryl methyl sites for hydroxylation is 1. The molecule has 1 aromatic heterocycles. The molecule has 0 atom stereocenters. The Labute approximate surface area is 318 Å². The molecule has 0 N–H and O–H groups in total. The monoisotopic (exact) mass is 816 g/mol. The Morgan fingerprint density at radius 3 is 1.79 bits per heavy atom. The summed E-state index contributed by atoms with van der Waals surface area (Å²) in [5, 5.41) is 4.07. The molecule has 0 aliphatic carbocycles. The van der Waals surface area contributed by atoms with Crippen molar-refractivity contribution in [3.05, 3.63) is 147 Å². The molecule has 8 nitrogen and oxygen atoms in total. The predicted molar refractivity (Wildman–Crippen MR) is 198 cm³/mol. The number of hydrogen-bond donors (Lipinski definition) is 0. The normalized spacial score (nSPS) is 15.4. The molecule has 4 aromatic rings. The van der Waals surface area contributed by atoms with Crippen LogP contribution in [-0.4, -0.2) is 54.3 Å². The third-order valence-corrected chi connectivity index (χ3v) is 9.93. The van der Waals surface area contributed by atoms with Gasteiger partial charge in [-0.1, -0.05) is 91.0 Å². The Balaban J connectivity index is 0.000000317. The molecule has 0 radical (unpaired) electrons. The number of aromatic nitrogens is 1. The molecule has 294 valence electrons. The summed E-state index contributed by atoms with van der Waals surface area (Å²) in [7, 11) is -12.2. The molecule has 7 rings (SSSR count). The lowest BCUT2D eigenvalue weighted by Crippen LogP contribution is -2.27. The van der Waals surface area contributed by atoms with Gasteiger partial charge in [0.1, 0.15) is 12.8 Å². The highest BCUT2D eigenvalue weighted by molar-refractivity contribution is 7.86. The number of allylic oxidation sites excluding steroid dienone is 1. The lowest BCUT2D eigenvalue weighted by atomic mass is 9.93. The van der Waals surface area contributed by atoms with Crippen LogP contribution in [0.4, 0.5) is 26.3 Å². The van der Waals surface area contributed by atoms with Crippen LogP contribution in [0.3, 0.4) is 0 Å². The van der Waals surface area contributed by atoms with Gasteiger partial charge in [-0.15, -0.1) is 0 Å². The number of nitrogens with zero attached hydrogens (tertiary/aromatic N) is 2. The van der Waals surface area contributed by atoms with Gasteiger partial charge in [0.15, 0.2) is 38.3 Å². The summed E-state index contributed by atoms with van der Waals surface area (Å²) in [5.41, 5.74) is -2.08. The molecule has 0 spiro atoms. The first-order valence-corrected chi connectivity index (χ1v) is 19.9. The lowest BCUT2D eigenvalue weighted by molar-refractivity contribution is -0.518. The van der Waals surface area contributed by atoms with Crippen molar-refractivity contribution in [2.75, 3.05) is 6.54 Å². The molecule has 4 heterocycles. The van der Waals surface area contributed by atoms with E-state index in [4.69, 9.17) is 25.9 Å². The van der Waals surface area contributed by atoms with Crippen LogP contribution in [0.5, 0.6) is 0 Å². The van der Waals surface area contributed by atoms with Crippen LogP contribution in [0.1, 0.15) is 59.1 Å². The summed E-state index contributed by atoms with van der Waals surface area (Å²) >= 11 is 0. The maximum Gasteiger partial charge on any atom is 0.485 e. The average Bonchev–Trinajstić information content (AvgIpc) is 3.44. The molecule has 0 bridgehead atoms. The fraction of sp³-hybridized carbons (Fsp3) is 0.200. The van der Waals surface area contributed by atoms with E-state index in [9.17, 15) is 26.3 Å². The maximum atomic E-state index is 10.7. The number of halogens is 6. The third kappa shape index (κ3) is 10.6. The Morgan fingerprint density at radius 2 is 1.21 bits per heavy atom. The van der Waals surface area contributed by atoms with E-state index in [1.165, 1.54) is 74.1 Å². The molecule has 56 heavy (non-hydrogen) atoms. The number of alkyl halides is 6. The molecule has 0 unspecified atom stereocenters. The van der Waals surface area contributed by atoms with Gasteiger partial charge in [-0.05, 0) is 52.3 Å². The van der Waals surface area contributed by atoms with E-state index in [0.29, 0.717) is 0 Å². The highest BCUT2D eigenvalue weighted by Gasteiger charge is 2.37. The number of fused-ring (bicyclic) bond motifs is 5. The van der Waals surface area contributed by atoms with Crippen molar-refractivity contribution in [2.24, 2.45) is 0 Å². The van der Waals surface area contributed by atoms with Crippen molar-refractivity contribution >= 4 is 62.5 Å². The molecule has 3 aliphatic rings. The molecule has 16 heteroatoms. The molecule has 0 amide bonds. The van der Waals surface area contributed by atoms with E-state index >= 15 is 0 Å². The minimum Gasteiger partial charge on any atom is -0.741 e. The zero-order chi connectivity index (χ0) is 40.7. The standard InChI is InChI=1S/C38H34N2.2CHF3O3S/c1-3-11-29(12-4-1)18-19-31-22-26-40-25-10-16-34-32(21-20-30-13-5-2-6-14-30)28-33-15-9-24-39-23-8-7-17-35(39)37(33)38(34)36(40)27-31;2*2-1(3,4)8(5,6)7/h1-6,10-14,16,18-23,25-28H,7-9,15,17,24H2;2*(H,5,6,7)/q+2;;/p-2/b19-18+,21-20+;;.